The van der Waals surface area contributed by atoms with E-state index < -0.39 is 0 Å². The molecule has 0 unspecified atom stereocenters. The lowest BCUT2D eigenvalue weighted by Gasteiger charge is -2.05. The van der Waals surface area contributed by atoms with Crippen LogP contribution >= 0.6 is 0 Å². The Kier molecular flexibility index (Phi) is 3.44. The van der Waals surface area contributed by atoms with Gasteiger partial charge in [0.05, 0.1) is 0 Å². The molecule has 17 heavy (non-hydrogen) atoms. The Bertz CT molecular complexity index is 494. The third kappa shape index (κ3) is 2.87. The molecule has 0 aliphatic heterocycles. The summed E-state index contributed by atoms with van der Waals surface area (Å²) in [5, 5.41) is 15.5. The SMILES string of the molecule is Cc1ccccc1CCNC(=O)c1nn[nH]n1. The average molecular weight is 231 g/mol. The lowest BCUT2D eigenvalue weighted by Crippen LogP contribution is -2.26. The van der Waals surface area contributed by atoms with Gasteiger partial charge in [0.1, 0.15) is 0 Å². The van der Waals surface area contributed by atoms with Crippen molar-refractivity contribution in [3.63, 3.8) is 0 Å². The van der Waals surface area contributed by atoms with Crippen LogP contribution in [0.25, 0.3) is 0 Å². The summed E-state index contributed by atoms with van der Waals surface area (Å²) < 4.78 is 0. The summed E-state index contributed by atoms with van der Waals surface area (Å²) in [7, 11) is 0. The van der Waals surface area contributed by atoms with Crippen LogP contribution in [-0.4, -0.2) is 33.1 Å². The van der Waals surface area contributed by atoms with E-state index >= 15 is 0 Å². The fourth-order valence-electron chi connectivity index (χ4n) is 1.54. The Hall–Kier alpha value is -2.24. The van der Waals surface area contributed by atoms with Crippen LogP contribution < -0.4 is 5.32 Å². The smallest absolute Gasteiger partial charge is 0.292 e. The summed E-state index contributed by atoms with van der Waals surface area (Å²) in [4.78, 5) is 11.5. The molecule has 2 N–H and O–H groups in total. The molecule has 0 aliphatic carbocycles. The standard InChI is InChI=1S/C11H13N5O/c1-8-4-2-3-5-9(8)6-7-12-11(17)10-13-15-16-14-10/h2-5H,6-7H2,1H3,(H,12,17)(H,13,14,15,16). The molecule has 6 heteroatoms. The number of aryl methyl sites for hydroxylation is 1. The molecule has 2 rings (SSSR count). The Morgan fingerprint density at radius 3 is 2.94 bits per heavy atom. The molecular formula is C11H13N5O. The predicted octanol–water partition coefficient (Wildman–Crippen LogP) is 0.481. The normalized spacial score (nSPS) is 10.2. The number of amides is 1. The third-order valence-corrected chi connectivity index (χ3v) is 2.49. The molecule has 88 valence electrons. The van der Waals surface area contributed by atoms with Crippen molar-refractivity contribution in [3.05, 3.63) is 41.2 Å². The second-order valence-electron chi connectivity index (χ2n) is 3.67. The van der Waals surface area contributed by atoms with Crippen molar-refractivity contribution in [2.45, 2.75) is 13.3 Å². The van der Waals surface area contributed by atoms with Crippen LogP contribution in [0.15, 0.2) is 24.3 Å². The number of benzene rings is 1. The fraction of sp³-hybridized carbons (Fsp3) is 0.273. The van der Waals surface area contributed by atoms with Crippen molar-refractivity contribution in [3.8, 4) is 0 Å². The van der Waals surface area contributed by atoms with Gasteiger partial charge in [0.15, 0.2) is 0 Å². The van der Waals surface area contributed by atoms with Gasteiger partial charge in [-0.2, -0.15) is 5.21 Å². The maximum absolute atomic E-state index is 11.5. The fourth-order valence-corrected chi connectivity index (χ4v) is 1.54. The van der Waals surface area contributed by atoms with Gasteiger partial charge in [0, 0.05) is 6.54 Å². The van der Waals surface area contributed by atoms with E-state index in [-0.39, 0.29) is 11.7 Å². The van der Waals surface area contributed by atoms with Gasteiger partial charge >= 0.3 is 0 Å². The molecule has 0 spiro atoms. The monoisotopic (exact) mass is 231 g/mol. The maximum atomic E-state index is 11.5. The number of nitrogens with one attached hydrogen (secondary N) is 2. The number of aromatic amines is 1. The zero-order valence-corrected chi connectivity index (χ0v) is 9.47. The third-order valence-electron chi connectivity index (χ3n) is 2.49. The topological polar surface area (TPSA) is 83.6 Å². The number of carbonyl (C=O) groups is 1. The minimum absolute atomic E-state index is 0.0646. The van der Waals surface area contributed by atoms with E-state index in [0.29, 0.717) is 6.54 Å². The van der Waals surface area contributed by atoms with E-state index in [0.717, 1.165) is 6.42 Å². The van der Waals surface area contributed by atoms with Crippen LogP contribution in [0.5, 0.6) is 0 Å². The van der Waals surface area contributed by atoms with Gasteiger partial charge < -0.3 is 5.32 Å². The summed E-state index contributed by atoms with van der Waals surface area (Å²) in [6.45, 7) is 2.61. The Morgan fingerprint density at radius 1 is 1.41 bits per heavy atom. The van der Waals surface area contributed by atoms with Crippen molar-refractivity contribution in [2.75, 3.05) is 6.54 Å². The number of nitrogens with zero attached hydrogens (tertiary/aromatic N) is 3. The van der Waals surface area contributed by atoms with Gasteiger partial charge in [-0.05, 0) is 29.7 Å². The van der Waals surface area contributed by atoms with Crippen molar-refractivity contribution in [1.29, 1.82) is 0 Å². The molecular weight excluding hydrogens is 218 g/mol. The van der Waals surface area contributed by atoms with Gasteiger partial charge in [0.25, 0.3) is 11.7 Å². The first-order valence-corrected chi connectivity index (χ1v) is 5.33. The first-order valence-electron chi connectivity index (χ1n) is 5.33. The summed E-state index contributed by atoms with van der Waals surface area (Å²) >= 11 is 0. The molecule has 0 atom stereocenters. The second-order valence-corrected chi connectivity index (χ2v) is 3.67. The Balaban J connectivity index is 1.84. The highest BCUT2D eigenvalue weighted by molar-refractivity contribution is 5.89. The number of hydrogen-bond acceptors (Lipinski definition) is 4. The van der Waals surface area contributed by atoms with E-state index in [2.05, 4.69) is 45.0 Å². The van der Waals surface area contributed by atoms with Gasteiger partial charge in [-0.25, -0.2) is 0 Å². The van der Waals surface area contributed by atoms with Crippen molar-refractivity contribution >= 4 is 5.91 Å². The van der Waals surface area contributed by atoms with Crippen LogP contribution in [0.2, 0.25) is 0 Å². The highest BCUT2D eigenvalue weighted by atomic mass is 16.2. The zero-order valence-electron chi connectivity index (χ0n) is 9.47. The molecule has 0 saturated heterocycles. The number of aromatic nitrogens is 4. The first kappa shape index (κ1) is 11.3. The van der Waals surface area contributed by atoms with Crippen LogP contribution in [-0.2, 0) is 6.42 Å². The number of rotatable bonds is 4. The average Bonchev–Trinajstić information content (AvgIpc) is 2.85. The summed E-state index contributed by atoms with van der Waals surface area (Å²) in [6.07, 6.45) is 0.788. The van der Waals surface area contributed by atoms with Crippen LogP contribution in [0, 0.1) is 6.92 Å². The van der Waals surface area contributed by atoms with Gasteiger partial charge in [-0.3, -0.25) is 4.79 Å². The summed E-state index contributed by atoms with van der Waals surface area (Å²) in [5.41, 5.74) is 2.45. The molecule has 1 amide bonds. The molecule has 0 saturated carbocycles. The van der Waals surface area contributed by atoms with Gasteiger partial charge in [0.2, 0.25) is 0 Å². The number of carbonyl (C=O) groups excluding carboxylic acids is 1. The van der Waals surface area contributed by atoms with E-state index in [1.165, 1.54) is 11.1 Å². The molecule has 1 aromatic carbocycles. The number of tetrazole rings is 1. The molecule has 6 nitrogen and oxygen atoms in total. The number of H-pyrrole nitrogens is 1. The highest BCUT2D eigenvalue weighted by Gasteiger charge is 2.09. The molecule has 1 heterocycles. The zero-order chi connectivity index (χ0) is 12.1. The van der Waals surface area contributed by atoms with E-state index in [1.807, 2.05) is 12.1 Å². The molecule has 0 aliphatic rings. The minimum Gasteiger partial charge on any atom is -0.349 e. The van der Waals surface area contributed by atoms with Crippen molar-refractivity contribution in [2.24, 2.45) is 0 Å². The first-order chi connectivity index (χ1) is 8.27. The van der Waals surface area contributed by atoms with Crippen LogP contribution in [0.1, 0.15) is 21.7 Å². The Labute approximate surface area is 98.4 Å². The van der Waals surface area contributed by atoms with Crippen LogP contribution in [0.3, 0.4) is 0 Å². The van der Waals surface area contributed by atoms with Crippen molar-refractivity contribution in [1.82, 2.24) is 25.9 Å². The second kappa shape index (κ2) is 5.20. The van der Waals surface area contributed by atoms with Gasteiger partial charge in [-0.1, -0.05) is 24.3 Å². The molecule has 1 aromatic heterocycles. The quantitative estimate of drug-likeness (QED) is 0.801. The van der Waals surface area contributed by atoms with Gasteiger partial charge in [-0.15, -0.1) is 10.2 Å². The largest absolute Gasteiger partial charge is 0.349 e. The summed E-state index contributed by atoms with van der Waals surface area (Å²) in [6, 6.07) is 8.09. The van der Waals surface area contributed by atoms with E-state index in [4.69, 9.17) is 0 Å². The van der Waals surface area contributed by atoms with E-state index in [9.17, 15) is 4.79 Å². The number of hydrogen-bond donors (Lipinski definition) is 2. The Morgan fingerprint density at radius 2 is 2.24 bits per heavy atom. The highest BCUT2D eigenvalue weighted by Crippen LogP contribution is 2.06. The lowest BCUT2D eigenvalue weighted by atomic mass is 10.1. The molecule has 0 fully saturated rings. The molecule has 0 bridgehead atoms. The lowest BCUT2D eigenvalue weighted by molar-refractivity contribution is 0.0944. The minimum atomic E-state index is -0.313. The molecule has 2 aromatic rings. The predicted molar refractivity (Wildman–Crippen MR) is 61.4 cm³/mol. The maximum Gasteiger partial charge on any atom is 0.292 e. The van der Waals surface area contributed by atoms with Crippen molar-refractivity contribution < 1.29 is 4.79 Å². The summed E-state index contributed by atoms with van der Waals surface area (Å²) in [5.74, 6) is -0.248. The van der Waals surface area contributed by atoms with Crippen LogP contribution in [0.4, 0.5) is 0 Å². The molecule has 0 radical (unpaired) electrons. The van der Waals surface area contributed by atoms with E-state index in [1.54, 1.807) is 0 Å².